The van der Waals surface area contributed by atoms with E-state index in [1.807, 2.05) is 0 Å². The first-order chi connectivity index (χ1) is 10.8. The van der Waals surface area contributed by atoms with Gasteiger partial charge in [-0.05, 0) is 35.4 Å². The number of aromatic hydroxyl groups is 2. The van der Waals surface area contributed by atoms with Crippen molar-refractivity contribution in [1.82, 2.24) is 0 Å². The van der Waals surface area contributed by atoms with Gasteiger partial charge in [0.05, 0.1) is 22.5 Å². The van der Waals surface area contributed by atoms with E-state index >= 15 is 0 Å². The molecular weight excluding hydrogens is 342 g/mol. The van der Waals surface area contributed by atoms with Gasteiger partial charge in [0.2, 0.25) is 0 Å². The van der Waals surface area contributed by atoms with Gasteiger partial charge < -0.3 is 21.7 Å². The van der Waals surface area contributed by atoms with Gasteiger partial charge >= 0.3 is 12.4 Å². The second-order valence-corrected chi connectivity index (χ2v) is 4.91. The minimum absolute atomic E-state index is 0.376. The van der Waals surface area contributed by atoms with Gasteiger partial charge in [-0.1, -0.05) is 0 Å². The molecule has 0 aliphatic heterocycles. The van der Waals surface area contributed by atoms with Crippen LogP contribution >= 0.6 is 0 Å². The summed E-state index contributed by atoms with van der Waals surface area (Å²) in [6.45, 7) is 0. The molecule has 0 aliphatic carbocycles. The number of phenolic OH excluding ortho intramolecular Hbond substituents is 2. The summed E-state index contributed by atoms with van der Waals surface area (Å²) in [5.41, 5.74) is 5.13. The Morgan fingerprint density at radius 1 is 0.708 bits per heavy atom. The fourth-order valence-corrected chi connectivity index (χ4v) is 2.08. The molecule has 0 fully saturated rings. The van der Waals surface area contributed by atoms with Crippen molar-refractivity contribution >= 4 is 11.4 Å². The van der Waals surface area contributed by atoms with Gasteiger partial charge in [0, 0.05) is 0 Å². The molecule has 0 saturated heterocycles. The van der Waals surface area contributed by atoms with Crippen LogP contribution in [0.25, 0.3) is 11.1 Å². The number of alkyl halides is 6. The zero-order valence-electron chi connectivity index (χ0n) is 11.6. The van der Waals surface area contributed by atoms with E-state index < -0.39 is 51.9 Å². The average molecular weight is 352 g/mol. The first-order valence-corrected chi connectivity index (χ1v) is 6.22. The van der Waals surface area contributed by atoms with Crippen molar-refractivity contribution in [2.24, 2.45) is 0 Å². The number of nitrogens with two attached hydrogens (primary N) is 2. The lowest BCUT2D eigenvalue weighted by Crippen LogP contribution is -2.10. The fraction of sp³-hybridized carbons (Fsp3) is 0.143. The van der Waals surface area contributed by atoms with Crippen molar-refractivity contribution in [1.29, 1.82) is 0 Å². The third-order valence-electron chi connectivity index (χ3n) is 3.24. The van der Waals surface area contributed by atoms with Crippen LogP contribution in [-0.4, -0.2) is 10.2 Å². The zero-order chi connectivity index (χ0) is 18.4. The molecule has 24 heavy (non-hydrogen) atoms. The molecule has 0 saturated carbocycles. The van der Waals surface area contributed by atoms with Crippen molar-refractivity contribution in [3.63, 3.8) is 0 Å². The molecule has 0 bridgehead atoms. The smallest absolute Gasteiger partial charge is 0.420 e. The molecular formula is C14H10F6N2O2. The van der Waals surface area contributed by atoms with E-state index in [9.17, 15) is 36.6 Å². The number of hydrogen-bond donors (Lipinski definition) is 4. The molecule has 6 N–H and O–H groups in total. The second kappa shape index (κ2) is 5.39. The second-order valence-electron chi connectivity index (χ2n) is 4.91. The Morgan fingerprint density at radius 3 is 1.67 bits per heavy atom. The standard InChI is InChI=1S/C14H10F6N2O2/c15-13(16,17)7-1-6(4-10(23)11(7)22)5-2-8(14(18,19)20)12(24)9(21)3-5/h1-4,23-24H,21-22H2. The van der Waals surface area contributed by atoms with E-state index in [-0.39, 0.29) is 5.56 Å². The summed E-state index contributed by atoms with van der Waals surface area (Å²) in [7, 11) is 0. The predicted molar refractivity (Wildman–Crippen MR) is 74.0 cm³/mol. The Kier molecular flexibility index (Phi) is 3.95. The van der Waals surface area contributed by atoms with E-state index in [2.05, 4.69) is 0 Å². The van der Waals surface area contributed by atoms with E-state index in [0.29, 0.717) is 12.1 Å². The molecule has 0 radical (unpaired) electrons. The lowest BCUT2D eigenvalue weighted by molar-refractivity contribution is -0.139. The van der Waals surface area contributed by atoms with Crippen LogP contribution in [-0.2, 0) is 12.4 Å². The summed E-state index contributed by atoms with van der Waals surface area (Å²) in [6.07, 6.45) is -9.90. The van der Waals surface area contributed by atoms with E-state index in [1.165, 1.54) is 0 Å². The minimum atomic E-state index is -4.98. The Labute approximate surface area is 130 Å². The molecule has 0 aliphatic rings. The van der Waals surface area contributed by atoms with Crippen LogP contribution in [0.5, 0.6) is 11.5 Å². The van der Waals surface area contributed by atoms with Crippen LogP contribution in [0.2, 0.25) is 0 Å². The highest BCUT2D eigenvalue weighted by molar-refractivity contribution is 5.77. The van der Waals surface area contributed by atoms with E-state index in [4.69, 9.17) is 11.5 Å². The molecule has 2 aromatic rings. The molecule has 10 heteroatoms. The Balaban J connectivity index is 2.74. The summed E-state index contributed by atoms with van der Waals surface area (Å²) in [6, 6.07) is 2.55. The molecule has 2 aromatic carbocycles. The normalized spacial score (nSPS) is 12.4. The van der Waals surface area contributed by atoms with Gasteiger partial charge in [-0.15, -0.1) is 0 Å². The summed E-state index contributed by atoms with van der Waals surface area (Å²) in [4.78, 5) is 0. The maximum absolute atomic E-state index is 12.9. The fourth-order valence-electron chi connectivity index (χ4n) is 2.08. The summed E-state index contributed by atoms with van der Waals surface area (Å²) in [5, 5.41) is 18.9. The third-order valence-corrected chi connectivity index (χ3v) is 3.24. The molecule has 0 amide bonds. The van der Waals surface area contributed by atoms with Crippen molar-refractivity contribution in [2.45, 2.75) is 12.4 Å². The number of benzene rings is 2. The topological polar surface area (TPSA) is 92.5 Å². The van der Waals surface area contributed by atoms with Crippen molar-refractivity contribution in [3.05, 3.63) is 35.4 Å². The van der Waals surface area contributed by atoms with Crippen molar-refractivity contribution < 1.29 is 36.6 Å². The van der Waals surface area contributed by atoms with Crippen molar-refractivity contribution in [2.75, 3.05) is 11.5 Å². The van der Waals surface area contributed by atoms with Crippen LogP contribution in [0, 0.1) is 0 Å². The molecule has 130 valence electrons. The predicted octanol–water partition coefficient (Wildman–Crippen LogP) is 3.97. The largest absolute Gasteiger partial charge is 0.506 e. The van der Waals surface area contributed by atoms with Crippen LogP contribution in [0.4, 0.5) is 37.7 Å². The first kappa shape index (κ1) is 17.6. The number of hydrogen-bond acceptors (Lipinski definition) is 4. The molecule has 0 heterocycles. The highest BCUT2D eigenvalue weighted by Crippen LogP contribution is 2.44. The lowest BCUT2D eigenvalue weighted by atomic mass is 9.97. The zero-order valence-corrected chi connectivity index (χ0v) is 11.6. The van der Waals surface area contributed by atoms with Gasteiger partial charge in [-0.3, -0.25) is 0 Å². The van der Waals surface area contributed by atoms with Crippen LogP contribution < -0.4 is 11.5 Å². The molecule has 0 aromatic heterocycles. The third kappa shape index (κ3) is 3.12. The quantitative estimate of drug-likeness (QED) is 0.355. The first-order valence-electron chi connectivity index (χ1n) is 6.22. The summed E-state index contributed by atoms with van der Waals surface area (Å²) < 4.78 is 77.3. The van der Waals surface area contributed by atoms with Gasteiger partial charge in [0.1, 0.15) is 5.75 Å². The highest BCUT2D eigenvalue weighted by atomic mass is 19.4. The Bertz CT molecular complexity index is 732. The summed E-state index contributed by atoms with van der Waals surface area (Å²) in [5.74, 6) is -2.18. The SMILES string of the molecule is Nc1cc(-c2cc(O)c(N)c(C(F)(F)F)c2)cc(C(F)(F)F)c1O. The van der Waals surface area contributed by atoms with E-state index in [1.54, 1.807) is 0 Å². The molecule has 0 unspecified atom stereocenters. The number of halogens is 6. The molecule has 0 atom stereocenters. The molecule has 2 rings (SSSR count). The summed E-state index contributed by atoms with van der Waals surface area (Å²) >= 11 is 0. The van der Waals surface area contributed by atoms with Gasteiger partial charge in [-0.25, -0.2) is 0 Å². The van der Waals surface area contributed by atoms with Gasteiger partial charge in [0.15, 0.2) is 5.75 Å². The highest BCUT2D eigenvalue weighted by Gasteiger charge is 2.37. The molecule has 0 spiro atoms. The monoisotopic (exact) mass is 352 g/mol. The molecule has 4 nitrogen and oxygen atoms in total. The van der Waals surface area contributed by atoms with Crippen LogP contribution in [0.15, 0.2) is 24.3 Å². The van der Waals surface area contributed by atoms with E-state index in [0.717, 1.165) is 12.1 Å². The number of anilines is 2. The number of phenols is 2. The Hall–Kier alpha value is -2.78. The van der Waals surface area contributed by atoms with Crippen molar-refractivity contribution in [3.8, 4) is 22.6 Å². The minimum Gasteiger partial charge on any atom is -0.506 e. The number of nitrogen functional groups attached to an aromatic ring is 2. The van der Waals surface area contributed by atoms with Crippen LogP contribution in [0.3, 0.4) is 0 Å². The lowest BCUT2D eigenvalue weighted by Gasteiger charge is -2.16. The van der Waals surface area contributed by atoms with Crippen LogP contribution in [0.1, 0.15) is 11.1 Å². The Morgan fingerprint density at radius 2 is 1.17 bits per heavy atom. The van der Waals surface area contributed by atoms with Gasteiger partial charge in [0.25, 0.3) is 0 Å². The number of rotatable bonds is 1. The average Bonchev–Trinajstić information content (AvgIpc) is 2.41. The van der Waals surface area contributed by atoms with Gasteiger partial charge in [-0.2, -0.15) is 26.3 Å². The maximum atomic E-state index is 12.9. The maximum Gasteiger partial charge on any atom is 0.420 e.